The van der Waals surface area contributed by atoms with Gasteiger partial charge in [-0.1, -0.05) is 32.0 Å². The number of fused-ring (bicyclic) bond motifs is 2. The number of anilines is 1. The van der Waals surface area contributed by atoms with Crippen molar-refractivity contribution in [2.75, 3.05) is 25.0 Å². The molecule has 1 saturated heterocycles. The van der Waals surface area contributed by atoms with E-state index in [1.54, 1.807) is 9.80 Å². The Labute approximate surface area is 143 Å². The number of nitrogens with zero attached hydrogens (tertiary/aromatic N) is 2. The number of likely N-dealkylation sites (N-methyl/N-ethyl adjacent to an activating group) is 1. The zero-order valence-electron chi connectivity index (χ0n) is 14.7. The summed E-state index contributed by atoms with van der Waals surface area (Å²) in [5, 5.41) is 10.1. The lowest BCUT2D eigenvalue weighted by Gasteiger charge is -2.39. The number of hydrogen-bond donors (Lipinski definition) is 1. The molecule has 0 bridgehead atoms. The lowest BCUT2D eigenvalue weighted by atomic mass is 9.73. The van der Waals surface area contributed by atoms with Gasteiger partial charge in [0.15, 0.2) is 0 Å². The lowest BCUT2D eigenvalue weighted by Crippen LogP contribution is -2.51. The Hall–Kier alpha value is -1.88. The van der Waals surface area contributed by atoms with E-state index in [0.29, 0.717) is 32.4 Å². The molecule has 5 heteroatoms. The van der Waals surface area contributed by atoms with Gasteiger partial charge in [0, 0.05) is 25.8 Å². The number of hydrogen-bond acceptors (Lipinski definition) is 3. The number of aliphatic hydroxyl groups is 1. The van der Waals surface area contributed by atoms with Gasteiger partial charge >= 0.3 is 0 Å². The van der Waals surface area contributed by atoms with Crippen LogP contribution >= 0.6 is 0 Å². The first-order valence-electron chi connectivity index (χ1n) is 8.71. The fourth-order valence-electron chi connectivity index (χ4n) is 4.07. The SMILES string of the molecule is CC(C)C[C@@H](O)C(=O)N1CCC2(CC1)C(=O)N(C)c1ccccc12. The predicted molar refractivity (Wildman–Crippen MR) is 92.8 cm³/mol. The van der Waals surface area contributed by atoms with Crippen molar-refractivity contribution >= 4 is 17.5 Å². The molecule has 1 fully saturated rings. The van der Waals surface area contributed by atoms with Crippen LogP contribution in [0, 0.1) is 5.92 Å². The summed E-state index contributed by atoms with van der Waals surface area (Å²) in [7, 11) is 1.82. The highest BCUT2D eigenvalue weighted by Gasteiger charge is 2.51. The number of piperidine rings is 1. The van der Waals surface area contributed by atoms with Gasteiger partial charge in [0.2, 0.25) is 5.91 Å². The molecule has 0 radical (unpaired) electrons. The Morgan fingerprint density at radius 3 is 2.50 bits per heavy atom. The van der Waals surface area contributed by atoms with E-state index in [0.717, 1.165) is 11.3 Å². The van der Waals surface area contributed by atoms with E-state index in [-0.39, 0.29) is 17.7 Å². The normalized spacial score (nSPS) is 20.6. The molecular formula is C19H26N2O3. The van der Waals surface area contributed by atoms with Gasteiger partial charge in [-0.3, -0.25) is 9.59 Å². The second-order valence-corrected chi connectivity index (χ2v) is 7.43. The maximum Gasteiger partial charge on any atom is 0.251 e. The summed E-state index contributed by atoms with van der Waals surface area (Å²) in [5.74, 6) is 0.196. The maximum absolute atomic E-state index is 12.9. The monoisotopic (exact) mass is 330 g/mol. The number of likely N-dealkylation sites (tertiary alicyclic amines) is 1. The van der Waals surface area contributed by atoms with Gasteiger partial charge in [-0.05, 0) is 36.8 Å². The van der Waals surface area contributed by atoms with Crippen LogP contribution in [0.2, 0.25) is 0 Å². The third kappa shape index (κ3) is 2.61. The van der Waals surface area contributed by atoms with Gasteiger partial charge in [0.05, 0.1) is 5.41 Å². The molecular weight excluding hydrogens is 304 g/mol. The van der Waals surface area contributed by atoms with E-state index in [9.17, 15) is 14.7 Å². The smallest absolute Gasteiger partial charge is 0.251 e. The van der Waals surface area contributed by atoms with Gasteiger partial charge in [0.25, 0.3) is 5.91 Å². The van der Waals surface area contributed by atoms with Gasteiger partial charge in [0.1, 0.15) is 6.10 Å². The van der Waals surface area contributed by atoms with E-state index in [1.165, 1.54) is 0 Å². The quantitative estimate of drug-likeness (QED) is 0.921. The van der Waals surface area contributed by atoms with Crippen LogP contribution in [0.5, 0.6) is 0 Å². The average Bonchev–Trinajstić information content (AvgIpc) is 2.77. The molecule has 1 N–H and O–H groups in total. The molecule has 1 atom stereocenters. The number of carbonyl (C=O) groups is 2. The van der Waals surface area contributed by atoms with Crippen LogP contribution in [-0.2, 0) is 15.0 Å². The number of amides is 2. The molecule has 0 unspecified atom stereocenters. The molecule has 0 saturated carbocycles. The van der Waals surface area contributed by atoms with Crippen LogP contribution in [0.3, 0.4) is 0 Å². The summed E-state index contributed by atoms with van der Waals surface area (Å²) < 4.78 is 0. The minimum atomic E-state index is -0.937. The second kappa shape index (κ2) is 6.20. The Morgan fingerprint density at radius 2 is 1.88 bits per heavy atom. The second-order valence-electron chi connectivity index (χ2n) is 7.43. The fraction of sp³-hybridized carbons (Fsp3) is 0.579. The molecule has 0 aromatic heterocycles. The Kier molecular flexibility index (Phi) is 4.38. The zero-order valence-corrected chi connectivity index (χ0v) is 14.7. The van der Waals surface area contributed by atoms with Crippen molar-refractivity contribution in [3.05, 3.63) is 29.8 Å². The molecule has 2 amide bonds. The summed E-state index contributed by atoms with van der Waals surface area (Å²) in [6, 6.07) is 7.92. The van der Waals surface area contributed by atoms with Crippen molar-refractivity contribution in [2.24, 2.45) is 5.92 Å². The highest BCUT2D eigenvalue weighted by molar-refractivity contribution is 6.07. The molecule has 3 rings (SSSR count). The highest BCUT2D eigenvalue weighted by Crippen LogP contribution is 2.47. The van der Waals surface area contributed by atoms with Crippen molar-refractivity contribution in [3.8, 4) is 0 Å². The van der Waals surface area contributed by atoms with Gasteiger partial charge in [-0.25, -0.2) is 0 Å². The highest BCUT2D eigenvalue weighted by atomic mass is 16.3. The Bertz CT molecular complexity index is 648. The van der Waals surface area contributed by atoms with Crippen LogP contribution < -0.4 is 4.90 Å². The van der Waals surface area contributed by atoms with Gasteiger partial charge in [-0.2, -0.15) is 0 Å². The van der Waals surface area contributed by atoms with Crippen LogP contribution in [0.1, 0.15) is 38.7 Å². The predicted octanol–water partition coefficient (Wildman–Crippen LogP) is 1.93. The first-order valence-corrected chi connectivity index (χ1v) is 8.71. The van der Waals surface area contributed by atoms with Crippen molar-refractivity contribution in [2.45, 2.75) is 44.6 Å². The largest absolute Gasteiger partial charge is 0.383 e. The molecule has 24 heavy (non-hydrogen) atoms. The summed E-state index contributed by atoms with van der Waals surface area (Å²) in [6.45, 7) is 5.02. The molecule has 2 aliphatic rings. The Balaban J connectivity index is 1.75. The average molecular weight is 330 g/mol. The van der Waals surface area contributed by atoms with E-state index in [4.69, 9.17) is 0 Å². The third-order valence-corrected chi connectivity index (χ3v) is 5.40. The molecule has 2 heterocycles. The van der Waals surface area contributed by atoms with E-state index < -0.39 is 11.5 Å². The van der Waals surface area contributed by atoms with Crippen LogP contribution in [0.4, 0.5) is 5.69 Å². The number of para-hydroxylation sites is 1. The number of rotatable bonds is 3. The van der Waals surface area contributed by atoms with Gasteiger partial charge < -0.3 is 14.9 Å². The number of aliphatic hydroxyl groups excluding tert-OH is 1. The van der Waals surface area contributed by atoms with E-state index >= 15 is 0 Å². The molecule has 1 aromatic carbocycles. The molecule has 2 aliphatic heterocycles. The van der Waals surface area contributed by atoms with Crippen molar-refractivity contribution < 1.29 is 14.7 Å². The summed E-state index contributed by atoms with van der Waals surface area (Å²) >= 11 is 0. The summed E-state index contributed by atoms with van der Waals surface area (Å²) in [5.41, 5.74) is 1.54. The van der Waals surface area contributed by atoms with Crippen molar-refractivity contribution in [1.29, 1.82) is 0 Å². The fourth-order valence-corrected chi connectivity index (χ4v) is 4.07. The molecule has 1 spiro atoms. The summed E-state index contributed by atoms with van der Waals surface area (Å²) in [6.07, 6.45) is 0.777. The van der Waals surface area contributed by atoms with Crippen LogP contribution in [0.15, 0.2) is 24.3 Å². The number of benzene rings is 1. The van der Waals surface area contributed by atoms with Crippen molar-refractivity contribution in [3.63, 3.8) is 0 Å². The number of carbonyl (C=O) groups excluding carboxylic acids is 2. The lowest BCUT2D eigenvalue weighted by molar-refractivity contribution is -0.144. The molecule has 130 valence electrons. The molecule has 5 nitrogen and oxygen atoms in total. The first kappa shape index (κ1) is 17.0. The standard InChI is InChI=1S/C19H26N2O3/c1-13(2)12-16(22)17(23)21-10-8-19(9-11-21)14-6-4-5-7-15(14)20(3)18(19)24/h4-7,13,16,22H,8-12H2,1-3H3/t16-/m1/s1. The molecule has 0 aliphatic carbocycles. The Morgan fingerprint density at radius 1 is 1.25 bits per heavy atom. The third-order valence-electron chi connectivity index (χ3n) is 5.40. The van der Waals surface area contributed by atoms with E-state index in [1.807, 2.05) is 45.2 Å². The zero-order chi connectivity index (χ0) is 17.5. The topological polar surface area (TPSA) is 60.9 Å². The molecule has 1 aromatic rings. The van der Waals surface area contributed by atoms with Crippen LogP contribution in [0.25, 0.3) is 0 Å². The minimum Gasteiger partial charge on any atom is -0.383 e. The van der Waals surface area contributed by atoms with E-state index in [2.05, 4.69) is 0 Å². The van der Waals surface area contributed by atoms with Gasteiger partial charge in [-0.15, -0.1) is 0 Å². The summed E-state index contributed by atoms with van der Waals surface area (Å²) in [4.78, 5) is 28.7. The first-order chi connectivity index (χ1) is 11.4. The van der Waals surface area contributed by atoms with Crippen molar-refractivity contribution in [1.82, 2.24) is 4.90 Å². The van der Waals surface area contributed by atoms with Crippen LogP contribution in [-0.4, -0.2) is 48.1 Å². The maximum atomic E-state index is 12.9. The minimum absolute atomic E-state index is 0.124.